The number of nitrogens with one attached hydrogen (secondary N) is 2. The van der Waals surface area contributed by atoms with Crippen LogP contribution >= 0.6 is 0 Å². The molecule has 2 amide bonds. The Morgan fingerprint density at radius 3 is 2.03 bits per heavy atom. The lowest BCUT2D eigenvalue weighted by Crippen LogP contribution is -2.52. The first-order valence-electron chi connectivity index (χ1n) is 11.9. The molecule has 3 fully saturated rings. The largest absolute Gasteiger partial charge is 0.497 e. The van der Waals surface area contributed by atoms with E-state index in [1.54, 1.807) is 7.11 Å². The molecule has 166 valence electrons. The minimum Gasteiger partial charge on any atom is -0.497 e. The number of ether oxygens (including phenoxy) is 1. The third-order valence-electron chi connectivity index (χ3n) is 7.18. The first-order chi connectivity index (χ1) is 14.7. The molecule has 1 saturated carbocycles. The summed E-state index contributed by atoms with van der Waals surface area (Å²) in [6, 6.07) is 8.84. The third-order valence-corrected chi connectivity index (χ3v) is 7.18. The highest BCUT2D eigenvalue weighted by molar-refractivity contribution is 5.74. The van der Waals surface area contributed by atoms with Gasteiger partial charge in [-0.1, -0.05) is 12.8 Å². The number of nitrogens with zero attached hydrogens (tertiary/aromatic N) is 2. The number of rotatable bonds is 6. The van der Waals surface area contributed by atoms with Crippen LogP contribution in [0.4, 0.5) is 10.5 Å². The molecule has 3 aliphatic rings. The second-order valence-electron chi connectivity index (χ2n) is 9.30. The normalized spacial score (nSPS) is 22.2. The summed E-state index contributed by atoms with van der Waals surface area (Å²) in [4.78, 5) is 17.5. The van der Waals surface area contributed by atoms with Crippen molar-refractivity contribution >= 4 is 11.7 Å². The molecule has 0 aromatic heterocycles. The lowest BCUT2D eigenvalue weighted by molar-refractivity contribution is 0.170. The Bertz CT molecular complexity index is 658. The van der Waals surface area contributed by atoms with E-state index in [2.05, 4.69) is 32.6 Å². The van der Waals surface area contributed by atoms with E-state index in [1.807, 2.05) is 12.1 Å². The second kappa shape index (κ2) is 10.4. The van der Waals surface area contributed by atoms with Crippen LogP contribution in [0, 0.1) is 5.92 Å². The van der Waals surface area contributed by atoms with Crippen LogP contribution in [-0.2, 0) is 0 Å². The second-order valence-corrected chi connectivity index (χ2v) is 9.30. The van der Waals surface area contributed by atoms with Crippen molar-refractivity contribution in [1.29, 1.82) is 0 Å². The number of benzene rings is 1. The molecular formula is C24H38N4O2. The summed E-state index contributed by atoms with van der Waals surface area (Å²) in [5.74, 6) is 1.80. The van der Waals surface area contributed by atoms with Gasteiger partial charge in [0.15, 0.2) is 0 Å². The molecule has 4 rings (SSSR count). The first kappa shape index (κ1) is 21.3. The van der Waals surface area contributed by atoms with Gasteiger partial charge in [0, 0.05) is 50.5 Å². The number of urea groups is 1. The quantitative estimate of drug-likeness (QED) is 0.747. The number of hydrogen-bond donors (Lipinski definition) is 2. The van der Waals surface area contributed by atoms with Gasteiger partial charge in [0.2, 0.25) is 0 Å². The lowest BCUT2D eigenvalue weighted by Gasteiger charge is -2.35. The van der Waals surface area contributed by atoms with Crippen LogP contribution in [-0.4, -0.2) is 62.8 Å². The summed E-state index contributed by atoms with van der Waals surface area (Å²) in [5.41, 5.74) is 1.23. The molecule has 0 unspecified atom stereocenters. The monoisotopic (exact) mass is 414 g/mol. The van der Waals surface area contributed by atoms with Crippen LogP contribution in [0.3, 0.4) is 0 Å². The predicted molar refractivity (Wildman–Crippen MR) is 121 cm³/mol. The molecule has 6 heteroatoms. The highest BCUT2D eigenvalue weighted by Gasteiger charge is 2.26. The summed E-state index contributed by atoms with van der Waals surface area (Å²) in [6.45, 7) is 5.46. The van der Waals surface area contributed by atoms with Crippen molar-refractivity contribution in [2.75, 3.05) is 44.7 Å². The van der Waals surface area contributed by atoms with E-state index < -0.39 is 0 Å². The van der Waals surface area contributed by atoms with Crippen molar-refractivity contribution in [1.82, 2.24) is 15.5 Å². The van der Waals surface area contributed by atoms with Gasteiger partial charge in [-0.05, 0) is 68.7 Å². The fourth-order valence-corrected chi connectivity index (χ4v) is 5.31. The van der Waals surface area contributed by atoms with Crippen LogP contribution in [0.2, 0.25) is 0 Å². The van der Waals surface area contributed by atoms with E-state index in [1.165, 1.54) is 37.9 Å². The maximum absolute atomic E-state index is 12.5. The van der Waals surface area contributed by atoms with Gasteiger partial charge < -0.3 is 25.2 Å². The van der Waals surface area contributed by atoms with Crippen LogP contribution in [0.5, 0.6) is 5.75 Å². The Morgan fingerprint density at radius 1 is 0.900 bits per heavy atom. The van der Waals surface area contributed by atoms with E-state index >= 15 is 0 Å². The predicted octanol–water partition coefficient (Wildman–Crippen LogP) is 3.62. The molecule has 1 aromatic carbocycles. The van der Waals surface area contributed by atoms with Gasteiger partial charge in [0.25, 0.3) is 0 Å². The number of anilines is 1. The fourth-order valence-electron chi connectivity index (χ4n) is 5.31. The Labute approximate surface area is 181 Å². The Morgan fingerprint density at radius 2 is 1.47 bits per heavy atom. The number of piperidine rings is 2. The maximum Gasteiger partial charge on any atom is 0.315 e. The number of carbonyl (C=O) groups excluding carboxylic acids is 1. The van der Waals surface area contributed by atoms with Crippen LogP contribution < -0.4 is 20.3 Å². The zero-order chi connectivity index (χ0) is 20.8. The number of carbonyl (C=O) groups is 1. The van der Waals surface area contributed by atoms with Gasteiger partial charge in [-0.25, -0.2) is 4.79 Å². The average Bonchev–Trinajstić information content (AvgIpc) is 3.29. The van der Waals surface area contributed by atoms with Crippen molar-refractivity contribution in [3.8, 4) is 5.75 Å². The molecule has 0 radical (unpaired) electrons. The minimum atomic E-state index is 0.0205. The summed E-state index contributed by atoms with van der Waals surface area (Å²) in [5, 5.41) is 6.45. The summed E-state index contributed by atoms with van der Waals surface area (Å²) < 4.78 is 5.24. The lowest BCUT2D eigenvalue weighted by atomic mass is 10.0. The molecule has 2 heterocycles. The van der Waals surface area contributed by atoms with Crippen LogP contribution in [0.1, 0.15) is 51.4 Å². The van der Waals surface area contributed by atoms with Crippen LogP contribution in [0.15, 0.2) is 24.3 Å². The van der Waals surface area contributed by atoms with Gasteiger partial charge in [0.05, 0.1) is 7.11 Å². The van der Waals surface area contributed by atoms with E-state index in [0.29, 0.717) is 6.04 Å². The van der Waals surface area contributed by atoms with Crippen molar-refractivity contribution in [3.63, 3.8) is 0 Å². The summed E-state index contributed by atoms with van der Waals surface area (Å²) >= 11 is 0. The molecule has 2 aliphatic heterocycles. The van der Waals surface area contributed by atoms with Gasteiger partial charge in [-0.2, -0.15) is 0 Å². The molecule has 2 saturated heterocycles. The number of likely N-dealkylation sites (tertiary alicyclic amines) is 1. The summed E-state index contributed by atoms with van der Waals surface area (Å²) in [6.07, 6.45) is 9.80. The van der Waals surface area contributed by atoms with E-state index in [0.717, 1.165) is 63.5 Å². The third kappa shape index (κ3) is 5.81. The van der Waals surface area contributed by atoms with Gasteiger partial charge in [-0.15, -0.1) is 0 Å². The van der Waals surface area contributed by atoms with E-state index in [9.17, 15) is 4.79 Å². The molecule has 1 aliphatic carbocycles. The van der Waals surface area contributed by atoms with Gasteiger partial charge in [0.1, 0.15) is 5.75 Å². The highest BCUT2D eigenvalue weighted by Crippen LogP contribution is 2.26. The minimum absolute atomic E-state index is 0.0205. The van der Waals surface area contributed by atoms with Crippen molar-refractivity contribution in [2.24, 2.45) is 5.92 Å². The zero-order valence-corrected chi connectivity index (χ0v) is 18.4. The SMILES string of the molecule is COc1ccc(N2CCC(NC(=O)NC3CCN(CC4CCCC4)CC3)CC2)cc1. The molecular weight excluding hydrogens is 376 g/mol. The Kier molecular flexibility index (Phi) is 7.37. The first-order valence-corrected chi connectivity index (χ1v) is 11.9. The maximum atomic E-state index is 12.5. The number of amides is 2. The smallest absolute Gasteiger partial charge is 0.315 e. The van der Waals surface area contributed by atoms with Crippen molar-refractivity contribution < 1.29 is 9.53 Å². The molecule has 0 spiro atoms. The molecule has 0 bridgehead atoms. The molecule has 0 atom stereocenters. The Balaban J connectivity index is 1.13. The summed E-state index contributed by atoms with van der Waals surface area (Å²) in [7, 11) is 1.69. The average molecular weight is 415 g/mol. The highest BCUT2D eigenvalue weighted by atomic mass is 16.5. The van der Waals surface area contributed by atoms with E-state index in [4.69, 9.17) is 4.74 Å². The number of methoxy groups -OCH3 is 1. The number of hydrogen-bond acceptors (Lipinski definition) is 4. The fraction of sp³-hybridized carbons (Fsp3) is 0.708. The van der Waals surface area contributed by atoms with Crippen LogP contribution in [0.25, 0.3) is 0 Å². The standard InChI is InChI=1S/C24H38N4O2/c1-30-23-8-6-22(7-9-23)28-16-12-21(13-17-28)26-24(29)25-20-10-14-27(15-11-20)18-19-4-2-3-5-19/h6-9,19-21H,2-5,10-18H2,1H3,(H2,25,26,29). The van der Waals surface area contributed by atoms with Gasteiger partial charge in [-0.3, -0.25) is 0 Å². The molecule has 6 nitrogen and oxygen atoms in total. The van der Waals surface area contributed by atoms with Gasteiger partial charge >= 0.3 is 6.03 Å². The van der Waals surface area contributed by atoms with Crippen molar-refractivity contribution in [2.45, 2.75) is 63.5 Å². The zero-order valence-electron chi connectivity index (χ0n) is 18.4. The van der Waals surface area contributed by atoms with E-state index in [-0.39, 0.29) is 12.1 Å². The molecule has 1 aromatic rings. The molecule has 2 N–H and O–H groups in total. The molecule has 30 heavy (non-hydrogen) atoms. The Hall–Kier alpha value is -1.95. The van der Waals surface area contributed by atoms with Crippen molar-refractivity contribution in [3.05, 3.63) is 24.3 Å². The topological polar surface area (TPSA) is 56.8 Å².